The SMILES string of the molecule is Cc1ccc(Nc2cc(C)nc(Nc3ccc(NC(=O)Cc4c[nH]c5ccccc45)cc3)n2)cc1. The van der Waals surface area contributed by atoms with Crippen LogP contribution >= 0.6 is 0 Å². The molecule has 5 rings (SSSR count). The second-order valence-corrected chi connectivity index (χ2v) is 8.50. The molecule has 0 aliphatic rings. The van der Waals surface area contributed by atoms with Gasteiger partial charge in [-0.3, -0.25) is 4.79 Å². The molecule has 0 aliphatic heterocycles. The lowest BCUT2D eigenvalue weighted by Crippen LogP contribution is -2.14. The molecule has 0 atom stereocenters. The molecular weight excluding hydrogens is 436 g/mol. The third-order valence-electron chi connectivity index (χ3n) is 5.63. The van der Waals surface area contributed by atoms with Crippen LogP contribution in [0.5, 0.6) is 0 Å². The first-order valence-corrected chi connectivity index (χ1v) is 11.4. The van der Waals surface area contributed by atoms with Crippen molar-refractivity contribution in [1.29, 1.82) is 0 Å². The van der Waals surface area contributed by atoms with Gasteiger partial charge in [-0.1, -0.05) is 35.9 Å². The number of fused-ring (bicyclic) bond motifs is 1. The highest BCUT2D eigenvalue weighted by Crippen LogP contribution is 2.22. The van der Waals surface area contributed by atoms with Crippen molar-refractivity contribution in [2.24, 2.45) is 0 Å². The molecular formula is C28H26N6O. The molecule has 7 heteroatoms. The van der Waals surface area contributed by atoms with E-state index in [0.717, 1.165) is 39.2 Å². The normalized spacial score (nSPS) is 10.8. The average molecular weight is 463 g/mol. The first-order valence-electron chi connectivity index (χ1n) is 11.4. The van der Waals surface area contributed by atoms with E-state index in [9.17, 15) is 4.79 Å². The topological polar surface area (TPSA) is 94.7 Å². The summed E-state index contributed by atoms with van der Waals surface area (Å²) in [5.74, 6) is 1.14. The maximum atomic E-state index is 12.6. The van der Waals surface area contributed by atoms with Gasteiger partial charge in [0.25, 0.3) is 0 Å². The first kappa shape index (κ1) is 22.2. The summed E-state index contributed by atoms with van der Waals surface area (Å²) in [5.41, 5.74) is 6.57. The highest BCUT2D eigenvalue weighted by atomic mass is 16.1. The smallest absolute Gasteiger partial charge is 0.229 e. The molecule has 0 unspecified atom stereocenters. The number of hydrogen-bond donors (Lipinski definition) is 4. The highest BCUT2D eigenvalue weighted by molar-refractivity contribution is 5.95. The summed E-state index contributed by atoms with van der Waals surface area (Å²) in [5, 5.41) is 10.6. The number of aromatic amines is 1. The lowest BCUT2D eigenvalue weighted by Gasteiger charge is -2.11. The summed E-state index contributed by atoms with van der Waals surface area (Å²) in [6, 6.07) is 25.5. The van der Waals surface area contributed by atoms with Crippen molar-refractivity contribution in [3.05, 3.63) is 102 Å². The zero-order valence-electron chi connectivity index (χ0n) is 19.6. The van der Waals surface area contributed by atoms with E-state index in [0.29, 0.717) is 18.2 Å². The monoisotopic (exact) mass is 462 g/mol. The predicted octanol–water partition coefficient (Wildman–Crippen LogP) is 6.24. The number of rotatable bonds is 7. The van der Waals surface area contributed by atoms with Crippen molar-refractivity contribution < 1.29 is 4.79 Å². The van der Waals surface area contributed by atoms with E-state index >= 15 is 0 Å². The fourth-order valence-electron chi connectivity index (χ4n) is 3.90. The van der Waals surface area contributed by atoms with Crippen molar-refractivity contribution in [1.82, 2.24) is 15.0 Å². The average Bonchev–Trinajstić information content (AvgIpc) is 3.24. The van der Waals surface area contributed by atoms with Crippen LogP contribution in [0.2, 0.25) is 0 Å². The zero-order chi connectivity index (χ0) is 24.2. The molecule has 7 nitrogen and oxygen atoms in total. The van der Waals surface area contributed by atoms with Crippen LogP contribution in [0, 0.1) is 13.8 Å². The third kappa shape index (κ3) is 5.47. The Balaban J connectivity index is 1.22. The van der Waals surface area contributed by atoms with Crippen molar-refractivity contribution in [2.45, 2.75) is 20.3 Å². The van der Waals surface area contributed by atoms with Crippen molar-refractivity contribution in [3.63, 3.8) is 0 Å². The lowest BCUT2D eigenvalue weighted by molar-refractivity contribution is -0.115. The Hall–Kier alpha value is -4.65. The molecule has 0 aliphatic carbocycles. The molecule has 0 saturated carbocycles. The summed E-state index contributed by atoms with van der Waals surface area (Å²) in [4.78, 5) is 24.8. The molecule has 2 aromatic heterocycles. The fourth-order valence-corrected chi connectivity index (χ4v) is 3.90. The van der Waals surface area contributed by atoms with Crippen LogP contribution in [-0.4, -0.2) is 20.9 Å². The van der Waals surface area contributed by atoms with Gasteiger partial charge in [0.05, 0.1) is 6.42 Å². The van der Waals surface area contributed by atoms with Crippen LogP contribution in [0.4, 0.5) is 28.8 Å². The Morgan fingerprint density at radius 3 is 2.31 bits per heavy atom. The van der Waals surface area contributed by atoms with E-state index in [1.807, 2.05) is 79.9 Å². The number of hydrogen-bond acceptors (Lipinski definition) is 5. The van der Waals surface area contributed by atoms with Crippen molar-refractivity contribution in [3.8, 4) is 0 Å². The number of benzene rings is 3. The summed E-state index contributed by atoms with van der Waals surface area (Å²) in [6.45, 7) is 3.99. The lowest BCUT2D eigenvalue weighted by atomic mass is 10.1. The van der Waals surface area contributed by atoms with Crippen LogP contribution in [0.25, 0.3) is 10.9 Å². The number of aromatic nitrogens is 3. The summed E-state index contributed by atoms with van der Waals surface area (Å²) in [7, 11) is 0. The Morgan fingerprint density at radius 2 is 1.51 bits per heavy atom. The molecule has 0 radical (unpaired) electrons. The van der Waals surface area contributed by atoms with Gasteiger partial charge in [-0.05, 0) is 61.9 Å². The minimum atomic E-state index is -0.0655. The largest absolute Gasteiger partial charge is 0.361 e. The second kappa shape index (κ2) is 9.69. The summed E-state index contributed by atoms with van der Waals surface area (Å²) in [6.07, 6.45) is 2.19. The minimum Gasteiger partial charge on any atom is -0.361 e. The van der Waals surface area contributed by atoms with Gasteiger partial charge in [0.2, 0.25) is 11.9 Å². The molecule has 174 valence electrons. The minimum absolute atomic E-state index is 0.0655. The standard InChI is InChI=1S/C28H26N6O/c1-18-7-9-21(10-8-18)31-26-15-19(2)30-28(34-26)33-23-13-11-22(12-14-23)32-27(35)16-20-17-29-25-6-4-3-5-24(20)25/h3-15,17,29H,16H2,1-2H3,(H,32,35)(H2,30,31,33,34). The number of amides is 1. The van der Waals surface area contributed by atoms with Crippen LogP contribution in [0.1, 0.15) is 16.8 Å². The first-order chi connectivity index (χ1) is 17.0. The van der Waals surface area contributed by atoms with E-state index < -0.39 is 0 Å². The van der Waals surface area contributed by atoms with Crippen LogP contribution in [0.15, 0.2) is 85.1 Å². The molecule has 5 aromatic rings. The number of anilines is 5. The van der Waals surface area contributed by atoms with Gasteiger partial charge in [0.15, 0.2) is 0 Å². The van der Waals surface area contributed by atoms with Crippen molar-refractivity contribution in [2.75, 3.05) is 16.0 Å². The van der Waals surface area contributed by atoms with Crippen LogP contribution in [-0.2, 0) is 11.2 Å². The molecule has 1 amide bonds. The van der Waals surface area contributed by atoms with E-state index in [1.54, 1.807) is 0 Å². The van der Waals surface area contributed by atoms with Gasteiger partial charge >= 0.3 is 0 Å². The fraction of sp³-hybridized carbons (Fsp3) is 0.107. The molecule has 35 heavy (non-hydrogen) atoms. The van der Waals surface area contributed by atoms with Crippen molar-refractivity contribution >= 4 is 45.6 Å². The Labute approximate surface area is 203 Å². The molecule has 3 aromatic carbocycles. The Bertz CT molecular complexity index is 1470. The third-order valence-corrected chi connectivity index (χ3v) is 5.63. The number of aryl methyl sites for hydroxylation is 2. The maximum absolute atomic E-state index is 12.6. The molecule has 0 fully saturated rings. The number of carbonyl (C=O) groups is 1. The predicted molar refractivity (Wildman–Crippen MR) is 142 cm³/mol. The van der Waals surface area contributed by atoms with E-state index in [4.69, 9.17) is 0 Å². The van der Waals surface area contributed by atoms with E-state index in [-0.39, 0.29) is 5.91 Å². The highest BCUT2D eigenvalue weighted by Gasteiger charge is 2.09. The molecule has 0 spiro atoms. The van der Waals surface area contributed by atoms with Crippen LogP contribution in [0.3, 0.4) is 0 Å². The Kier molecular flexibility index (Phi) is 6.13. The number of nitrogens with zero attached hydrogens (tertiary/aromatic N) is 2. The van der Waals surface area contributed by atoms with E-state index in [2.05, 4.69) is 50.0 Å². The number of nitrogens with one attached hydrogen (secondary N) is 4. The van der Waals surface area contributed by atoms with Gasteiger partial charge < -0.3 is 20.9 Å². The van der Waals surface area contributed by atoms with Gasteiger partial charge in [-0.2, -0.15) is 4.98 Å². The number of H-pyrrole nitrogens is 1. The summed E-state index contributed by atoms with van der Waals surface area (Å²) < 4.78 is 0. The molecule has 4 N–H and O–H groups in total. The second-order valence-electron chi connectivity index (χ2n) is 8.50. The molecule has 0 saturated heterocycles. The van der Waals surface area contributed by atoms with Gasteiger partial charge in [-0.25, -0.2) is 4.98 Å². The number of para-hydroxylation sites is 1. The van der Waals surface area contributed by atoms with Gasteiger partial charge in [-0.15, -0.1) is 0 Å². The molecule has 0 bridgehead atoms. The van der Waals surface area contributed by atoms with Gasteiger partial charge in [0.1, 0.15) is 5.82 Å². The molecule has 2 heterocycles. The summed E-state index contributed by atoms with van der Waals surface area (Å²) >= 11 is 0. The Morgan fingerprint density at radius 1 is 0.829 bits per heavy atom. The van der Waals surface area contributed by atoms with E-state index in [1.165, 1.54) is 5.56 Å². The van der Waals surface area contributed by atoms with Crippen LogP contribution < -0.4 is 16.0 Å². The quantitative estimate of drug-likeness (QED) is 0.230. The van der Waals surface area contributed by atoms with Gasteiger partial charge in [0, 0.05) is 45.9 Å². The maximum Gasteiger partial charge on any atom is 0.229 e. The number of carbonyl (C=O) groups excluding carboxylic acids is 1. The zero-order valence-corrected chi connectivity index (χ0v) is 19.6.